The first-order chi connectivity index (χ1) is 17.9. The molecule has 0 N–H and O–H groups in total. The number of rotatable bonds is 18. The van der Waals surface area contributed by atoms with E-state index in [1.807, 2.05) is 11.8 Å². The number of allylic oxidation sites excluding steroid dienone is 1. The van der Waals surface area contributed by atoms with Gasteiger partial charge in [-0.05, 0) is 78.0 Å². The van der Waals surface area contributed by atoms with Crippen LogP contribution in [0.5, 0.6) is 5.75 Å². The van der Waals surface area contributed by atoms with Crippen LogP contribution in [0.15, 0.2) is 52.3 Å². The predicted molar refractivity (Wildman–Crippen MR) is 164 cm³/mol. The fraction of sp³-hybridized carbons (Fsp3) is 0.588. The van der Waals surface area contributed by atoms with E-state index in [4.69, 9.17) is 4.74 Å². The van der Waals surface area contributed by atoms with Gasteiger partial charge in [0, 0.05) is 11.3 Å². The van der Waals surface area contributed by atoms with Gasteiger partial charge in [0.15, 0.2) is 0 Å². The van der Waals surface area contributed by atoms with Crippen molar-refractivity contribution in [3.05, 3.63) is 64.1 Å². The van der Waals surface area contributed by atoms with Gasteiger partial charge in [-0.1, -0.05) is 94.3 Å². The molecule has 204 valence electrons. The van der Waals surface area contributed by atoms with E-state index >= 15 is 0 Å². The topological polar surface area (TPSA) is 9.23 Å². The quantitative estimate of drug-likeness (QED) is 0.142. The number of unbranched alkanes of at least 4 members (excludes halogenated alkanes) is 10. The highest BCUT2D eigenvalue weighted by atomic mass is 32.2. The number of hydrogen-bond donors (Lipinski definition) is 0. The zero-order valence-electron chi connectivity index (χ0n) is 24.2. The highest BCUT2D eigenvalue weighted by Crippen LogP contribution is 2.41. The van der Waals surface area contributed by atoms with Crippen LogP contribution in [0.1, 0.15) is 101 Å². The van der Waals surface area contributed by atoms with E-state index in [1.54, 1.807) is 0 Å². The Morgan fingerprint density at radius 2 is 1.46 bits per heavy atom. The molecule has 0 radical (unpaired) electrons. The second-order valence-corrected chi connectivity index (χ2v) is 13.1. The fourth-order valence-corrected chi connectivity index (χ4v) is 6.12. The molecule has 0 saturated carbocycles. The monoisotopic (exact) mass is 522 g/mol. The lowest BCUT2D eigenvalue weighted by atomic mass is 10.0. The summed E-state index contributed by atoms with van der Waals surface area (Å²) in [6.45, 7) is 4.40. The summed E-state index contributed by atoms with van der Waals surface area (Å²) >= 11 is 1.93. The molecule has 0 aliphatic carbocycles. The molecular formula is C34H52NOS+. The summed E-state index contributed by atoms with van der Waals surface area (Å²) in [6, 6.07) is 15.8. The van der Waals surface area contributed by atoms with Crippen LogP contribution < -0.4 is 4.74 Å². The molecule has 0 amide bonds. The lowest BCUT2D eigenvalue weighted by Gasteiger charge is -2.23. The number of ether oxygens (including phenoxy) is 1. The number of fused-ring (bicyclic) bond motifs is 1. The summed E-state index contributed by atoms with van der Waals surface area (Å²) in [5.74, 6) is 0.995. The van der Waals surface area contributed by atoms with Gasteiger partial charge in [0.25, 0.3) is 0 Å². The number of benzene rings is 2. The Labute approximate surface area is 232 Å². The van der Waals surface area contributed by atoms with Crippen LogP contribution in [-0.2, 0) is 12.8 Å². The molecule has 3 heteroatoms. The first-order valence-corrected chi connectivity index (χ1v) is 15.8. The van der Waals surface area contributed by atoms with Crippen LogP contribution in [0.25, 0.3) is 6.08 Å². The van der Waals surface area contributed by atoms with Crippen molar-refractivity contribution in [1.29, 1.82) is 0 Å². The Balaban J connectivity index is 1.28. The second-order valence-electron chi connectivity index (χ2n) is 11.9. The van der Waals surface area contributed by atoms with Crippen molar-refractivity contribution >= 4 is 17.8 Å². The van der Waals surface area contributed by atoms with E-state index in [0.717, 1.165) is 29.7 Å². The van der Waals surface area contributed by atoms with Crippen molar-refractivity contribution in [2.24, 2.45) is 0 Å². The van der Waals surface area contributed by atoms with Gasteiger partial charge < -0.3 is 9.22 Å². The molecule has 3 rings (SSSR count). The van der Waals surface area contributed by atoms with Crippen LogP contribution in [0.4, 0.5) is 0 Å². The maximum absolute atomic E-state index is 6.01. The number of hydrogen-bond acceptors (Lipinski definition) is 2. The van der Waals surface area contributed by atoms with Gasteiger partial charge >= 0.3 is 0 Å². The molecule has 2 nitrogen and oxygen atoms in total. The fourth-order valence-electron chi connectivity index (χ4n) is 5.01. The molecule has 0 saturated heterocycles. The minimum atomic E-state index is 0.829. The van der Waals surface area contributed by atoms with Gasteiger partial charge in [0.1, 0.15) is 5.75 Å². The Hall–Kier alpha value is -1.71. The lowest BCUT2D eigenvalue weighted by Crippen LogP contribution is -2.35. The highest BCUT2D eigenvalue weighted by molar-refractivity contribution is 8.03. The molecule has 0 bridgehead atoms. The highest BCUT2D eigenvalue weighted by Gasteiger charge is 2.16. The Morgan fingerprint density at radius 1 is 0.784 bits per heavy atom. The van der Waals surface area contributed by atoms with Crippen LogP contribution in [0.3, 0.4) is 0 Å². The number of thioether (sulfide) groups is 1. The van der Waals surface area contributed by atoms with Crippen molar-refractivity contribution in [2.75, 3.05) is 34.3 Å². The van der Waals surface area contributed by atoms with Crippen LogP contribution in [-0.4, -0.2) is 38.8 Å². The summed E-state index contributed by atoms with van der Waals surface area (Å²) in [6.07, 6.45) is 20.6. The number of quaternary nitrogens is 1. The Morgan fingerprint density at radius 3 is 2.16 bits per heavy atom. The molecule has 1 aliphatic heterocycles. The van der Waals surface area contributed by atoms with Crippen molar-refractivity contribution in [3.8, 4) is 5.75 Å². The minimum absolute atomic E-state index is 0.829. The van der Waals surface area contributed by atoms with Crippen molar-refractivity contribution in [2.45, 2.75) is 102 Å². The molecule has 1 heterocycles. The molecule has 1 aliphatic rings. The molecular weight excluding hydrogens is 470 g/mol. The smallest absolute Gasteiger partial charge is 0.119 e. The summed E-state index contributed by atoms with van der Waals surface area (Å²) in [5.41, 5.74) is 4.28. The molecule has 2 aromatic rings. The van der Waals surface area contributed by atoms with Crippen molar-refractivity contribution in [3.63, 3.8) is 0 Å². The zero-order chi connectivity index (χ0) is 26.3. The van der Waals surface area contributed by atoms with E-state index in [9.17, 15) is 0 Å². The van der Waals surface area contributed by atoms with E-state index in [2.05, 4.69) is 76.6 Å². The van der Waals surface area contributed by atoms with Crippen molar-refractivity contribution < 1.29 is 9.22 Å². The average Bonchev–Trinajstić information content (AvgIpc) is 3.27. The van der Waals surface area contributed by atoms with Crippen LogP contribution in [0.2, 0.25) is 0 Å². The van der Waals surface area contributed by atoms with E-state index in [0.29, 0.717) is 0 Å². The third-order valence-corrected chi connectivity index (χ3v) is 8.39. The Kier molecular flexibility index (Phi) is 13.1. The lowest BCUT2D eigenvalue weighted by molar-refractivity contribution is -0.870. The minimum Gasteiger partial charge on any atom is -0.494 e. The molecule has 0 spiro atoms. The average molecular weight is 523 g/mol. The van der Waals surface area contributed by atoms with Crippen molar-refractivity contribution in [1.82, 2.24) is 0 Å². The predicted octanol–water partition coefficient (Wildman–Crippen LogP) is 9.70. The van der Waals surface area contributed by atoms with Gasteiger partial charge in [-0.15, -0.1) is 0 Å². The van der Waals surface area contributed by atoms with Gasteiger partial charge in [-0.25, -0.2) is 0 Å². The SMILES string of the molecule is CCCCCCc1ccc2c(c1)C/C(=C\c1ccc(OCCCCCCCCCC[N+](C)(C)C)cc1)S2. The first kappa shape index (κ1) is 29.8. The first-order valence-electron chi connectivity index (χ1n) is 15.0. The molecule has 2 aromatic carbocycles. The molecule has 0 atom stereocenters. The molecule has 0 fully saturated rings. The molecule has 37 heavy (non-hydrogen) atoms. The number of nitrogens with zero attached hydrogens (tertiary/aromatic N) is 1. The number of aryl methyl sites for hydroxylation is 1. The van der Waals surface area contributed by atoms with Gasteiger partial charge in [-0.3, -0.25) is 0 Å². The van der Waals surface area contributed by atoms with Crippen LogP contribution >= 0.6 is 11.8 Å². The zero-order valence-corrected chi connectivity index (χ0v) is 25.0. The van der Waals surface area contributed by atoms with Gasteiger partial charge in [-0.2, -0.15) is 0 Å². The summed E-state index contributed by atoms with van der Waals surface area (Å²) in [5, 5.41) is 0. The summed E-state index contributed by atoms with van der Waals surface area (Å²) in [7, 11) is 6.85. The van der Waals surface area contributed by atoms with Crippen LogP contribution in [0, 0.1) is 0 Å². The van der Waals surface area contributed by atoms with E-state index < -0.39 is 0 Å². The van der Waals surface area contributed by atoms with Gasteiger partial charge in [0.2, 0.25) is 0 Å². The normalized spacial score (nSPS) is 14.3. The molecule has 0 unspecified atom stereocenters. The summed E-state index contributed by atoms with van der Waals surface area (Å²) < 4.78 is 7.10. The third-order valence-electron chi connectivity index (χ3n) is 7.25. The molecule has 0 aromatic heterocycles. The van der Waals surface area contributed by atoms with Gasteiger partial charge in [0.05, 0.1) is 34.3 Å². The Bertz CT molecular complexity index is 941. The maximum Gasteiger partial charge on any atom is 0.119 e. The van der Waals surface area contributed by atoms with E-state index in [1.165, 1.54) is 110 Å². The third kappa shape index (κ3) is 12.1. The standard InChI is InChI=1S/C34H52NOS/c1-5-6-7-14-17-29-20-23-34-31(26-29)28-33(37-34)27-30-18-21-32(22-19-30)36-25-16-13-11-9-8-10-12-15-24-35(2,3)4/h18-23,26-27H,5-17,24-25,28H2,1-4H3/q+1/b33-27+. The maximum atomic E-state index is 6.01. The summed E-state index contributed by atoms with van der Waals surface area (Å²) in [4.78, 5) is 2.88. The largest absolute Gasteiger partial charge is 0.494 e. The second kappa shape index (κ2) is 16.3. The van der Waals surface area contributed by atoms with E-state index in [-0.39, 0.29) is 0 Å².